The highest BCUT2D eigenvalue weighted by Crippen LogP contribution is 2.32. The van der Waals surface area contributed by atoms with Crippen LogP contribution in [0.25, 0.3) is 0 Å². The number of urea groups is 2. The molecule has 0 radical (unpaired) electrons. The number of carbonyl (C=O) groups excluding carboxylic acids is 4. The molecule has 4 aliphatic heterocycles. The van der Waals surface area contributed by atoms with Gasteiger partial charge in [-0.25, -0.2) is 34.2 Å². The van der Waals surface area contributed by atoms with Gasteiger partial charge >= 0.3 is 12.1 Å². The summed E-state index contributed by atoms with van der Waals surface area (Å²) in [5.74, 6) is -0.748. The molecule has 0 aliphatic carbocycles. The van der Waals surface area contributed by atoms with Gasteiger partial charge in [0.05, 0.1) is 25.3 Å². The number of rotatable bonds is 15. The molecule has 50 heavy (non-hydrogen) atoms. The van der Waals surface area contributed by atoms with E-state index in [1.54, 1.807) is 11.2 Å². The van der Waals surface area contributed by atoms with Crippen molar-refractivity contribution in [1.82, 2.24) is 30.9 Å². The van der Waals surface area contributed by atoms with Crippen LogP contribution in [0.4, 0.5) is 9.59 Å². The lowest BCUT2D eigenvalue weighted by atomic mass is 10.0. The minimum atomic E-state index is -5.03. The number of nitrogens with one attached hydrogen (secondary N) is 2. The number of amides is 6. The van der Waals surface area contributed by atoms with Crippen LogP contribution in [0.1, 0.15) is 57.9 Å². The maximum Gasteiger partial charge on any atom is 0.346 e. The lowest BCUT2D eigenvalue weighted by Crippen LogP contribution is -2.49. The first kappa shape index (κ1) is 41.1. The molecule has 22 heteroatoms. The fourth-order valence-corrected chi connectivity index (χ4v) is 5.95. The van der Waals surface area contributed by atoms with Crippen molar-refractivity contribution in [2.24, 2.45) is 0 Å². The van der Waals surface area contributed by atoms with Crippen molar-refractivity contribution < 1.29 is 65.6 Å². The second kappa shape index (κ2) is 20.5. The fourth-order valence-electron chi connectivity index (χ4n) is 5.50. The molecule has 4 bridgehead atoms. The zero-order valence-electron chi connectivity index (χ0n) is 27.8. The average molecular weight is 752 g/mol. The van der Waals surface area contributed by atoms with Gasteiger partial charge < -0.3 is 14.4 Å². The molecule has 1 aromatic rings. The van der Waals surface area contributed by atoms with Crippen LogP contribution in [0.3, 0.4) is 0 Å². The molecule has 4 saturated heterocycles. The summed E-state index contributed by atoms with van der Waals surface area (Å²) in [6.45, 7) is 5.62. The van der Waals surface area contributed by atoms with Crippen molar-refractivity contribution in [2.45, 2.75) is 83.1 Å². The molecule has 0 aromatic heterocycles. The van der Waals surface area contributed by atoms with Crippen LogP contribution in [0.15, 0.2) is 30.3 Å². The van der Waals surface area contributed by atoms with Gasteiger partial charge in [-0.05, 0) is 44.1 Å². The molecule has 6 amide bonds. The summed E-state index contributed by atoms with van der Waals surface area (Å²) in [5.41, 5.74) is 5.69. The van der Waals surface area contributed by atoms with E-state index in [9.17, 15) is 32.1 Å². The van der Waals surface area contributed by atoms with E-state index >= 15 is 0 Å². The summed E-state index contributed by atoms with van der Waals surface area (Å²) in [7, 11) is -5.03. The standard InChI is InChI=1S/C17H23N3O4.C10H17N3O7S.CH4O3S/c1-2-10-23-18-16(21)15-9-8-14-11-19(15)17(22)20(14)24-12-13-6-4-3-5-7-13;1-2-5-19-11-9(14)8-4-3-7-6-12(8)10(15)13(7)20-21(16,17)18;1-5-4-3-2/h3-7,14-15H,2,8-12H2,1H3,(H,18,21);7-8H,2-6H2,1H3,(H,11,14)(H,16,17,18);2H,1H3/p-1/t14-,15+;7-,8+;/m11./s1. The van der Waals surface area contributed by atoms with Crippen LogP contribution in [-0.4, -0.2) is 119 Å². The Labute approximate surface area is 294 Å². The van der Waals surface area contributed by atoms with Crippen LogP contribution in [0.2, 0.25) is 0 Å². The lowest BCUT2D eigenvalue weighted by molar-refractivity contribution is -0.432. The Morgan fingerprint density at radius 1 is 0.880 bits per heavy atom. The molecule has 282 valence electrons. The quantitative estimate of drug-likeness (QED) is 0.0577. The third kappa shape index (κ3) is 11.9. The molecule has 0 spiro atoms. The highest BCUT2D eigenvalue weighted by atomic mass is 32.3. The third-order valence-electron chi connectivity index (χ3n) is 7.69. The van der Waals surface area contributed by atoms with E-state index in [1.807, 2.05) is 44.2 Å². The maximum absolute atomic E-state index is 12.6. The molecule has 3 N–H and O–H groups in total. The lowest BCUT2D eigenvalue weighted by Gasteiger charge is -2.28. The Morgan fingerprint density at radius 3 is 1.82 bits per heavy atom. The predicted molar refractivity (Wildman–Crippen MR) is 171 cm³/mol. The van der Waals surface area contributed by atoms with E-state index in [4.69, 9.17) is 19.8 Å². The Kier molecular flexibility index (Phi) is 16.9. The molecule has 0 saturated carbocycles. The van der Waals surface area contributed by atoms with Crippen molar-refractivity contribution in [3.63, 3.8) is 0 Å². The van der Waals surface area contributed by atoms with Gasteiger partial charge in [0.15, 0.2) is 0 Å². The predicted octanol–water partition coefficient (Wildman–Crippen LogP) is 1.63. The van der Waals surface area contributed by atoms with Gasteiger partial charge in [-0.15, -0.1) is 4.33 Å². The van der Waals surface area contributed by atoms with Gasteiger partial charge in [-0.1, -0.05) is 49.2 Å². The molecule has 4 aliphatic rings. The smallest absolute Gasteiger partial charge is 0.346 e. The van der Waals surface area contributed by atoms with Gasteiger partial charge in [0.25, 0.3) is 11.8 Å². The van der Waals surface area contributed by atoms with Crippen LogP contribution < -0.4 is 11.0 Å². The minimum Gasteiger partial charge on any atom is -0.724 e. The van der Waals surface area contributed by atoms with Crippen LogP contribution in [0, 0.1) is 0 Å². The van der Waals surface area contributed by atoms with Crippen LogP contribution >= 0.6 is 12.0 Å². The number of hydroxylamine groups is 6. The molecule has 4 atom stereocenters. The largest absolute Gasteiger partial charge is 0.724 e. The van der Waals surface area contributed by atoms with Crippen LogP contribution in [0.5, 0.6) is 0 Å². The zero-order chi connectivity index (χ0) is 36.7. The highest BCUT2D eigenvalue weighted by molar-refractivity contribution is 7.93. The van der Waals surface area contributed by atoms with Gasteiger partial charge in [0.2, 0.25) is 10.4 Å². The molecular formula is C28H43N6O14S2-. The zero-order valence-corrected chi connectivity index (χ0v) is 29.5. The van der Waals surface area contributed by atoms with E-state index in [0.717, 1.165) is 36.9 Å². The Hall–Kier alpha value is -3.32. The summed E-state index contributed by atoms with van der Waals surface area (Å²) >= 11 is 0.929. The topological polar surface area (TPSA) is 238 Å². The van der Waals surface area contributed by atoms with E-state index < -0.39 is 40.5 Å². The van der Waals surface area contributed by atoms with E-state index in [2.05, 4.69) is 24.6 Å². The normalized spacial score (nSPS) is 22.4. The Balaban J connectivity index is 0.000000240. The summed E-state index contributed by atoms with van der Waals surface area (Å²) in [6.07, 6.45) is 5.19. The number of nitrogens with zero attached hydrogens (tertiary/aromatic N) is 4. The van der Waals surface area contributed by atoms with Crippen molar-refractivity contribution in [2.75, 3.05) is 32.6 Å². The van der Waals surface area contributed by atoms with E-state index in [0.29, 0.717) is 50.7 Å². The number of carbonyl (C=O) groups is 4. The summed E-state index contributed by atoms with van der Waals surface area (Å²) in [4.78, 5) is 67.2. The van der Waals surface area contributed by atoms with Gasteiger partial charge in [-0.3, -0.25) is 24.1 Å². The fraction of sp³-hybridized carbons (Fsp3) is 0.643. The molecule has 4 fully saturated rings. The molecule has 4 heterocycles. The number of hydrogen-bond acceptors (Lipinski definition) is 15. The van der Waals surface area contributed by atoms with Crippen molar-refractivity contribution in [1.29, 1.82) is 0 Å². The molecule has 5 rings (SSSR count). The number of piperidine rings is 2. The number of fused-ring (bicyclic) bond motifs is 4. The summed E-state index contributed by atoms with van der Waals surface area (Å²) in [5, 5.41) is 12.4. The molecule has 1 aromatic carbocycles. The van der Waals surface area contributed by atoms with Crippen molar-refractivity contribution in [3.05, 3.63) is 35.9 Å². The van der Waals surface area contributed by atoms with E-state index in [-0.39, 0.29) is 24.5 Å². The monoisotopic (exact) mass is 751 g/mol. The Morgan fingerprint density at radius 2 is 1.38 bits per heavy atom. The second-order valence-electron chi connectivity index (χ2n) is 11.2. The van der Waals surface area contributed by atoms with Gasteiger partial charge in [-0.2, -0.15) is 14.4 Å². The van der Waals surface area contributed by atoms with Crippen molar-refractivity contribution in [3.8, 4) is 0 Å². The first-order valence-corrected chi connectivity index (χ1v) is 18.3. The third-order valence-corrected chi connectivity index (χ3v) is 8.23. The van der Waals surface area contributed by atoms with E-state index in [1.165, 1.54) is 9.96 Å². The van der Waals surface area contributed by atoms with Gasteiger partial charge in [0, 0.05) is 31.4 Å². The minimum absolute atomic E-state index is 0.00169. The van der Waals surface area contributed by atoms with Crippen molar-refractivity contribution >= 4 is 46.3 Å². The average Bonchev–Trinajstić information content (AvgIpc) is 3.47. The van der Waals surface area contributed by atoms with Crippen LogP contribution in [-0.2, 0) is 54.8 Å². The first-order valence-electron chi connectivity index (χ1n) is 15.8. The molecule has 0 unspecified atom stereocenters. The highest BCUT2D eigenvalue weighted by Gasteiger charge is 2.49. The summed E-state index contributed by atoms with van der Waals surface area (Å²) in [6, 6.07) is 6.84. The Bertz CT molecular complexity index is 1360. The first-order chi connectivity index (χ1) is 23.9. The SMILES string of the molecule is CCCONC(=O)[C@@H]1CC[C@@H]2CN1C(=O)N2OCc1ccccc1.CCCONC(=O)[C@@H]1CC[C@@H]2CN1C(=O)N2OS(=O)(=O)[O-].CSOOO. The molecule has 20 nitrogen and oxygen atoms in total. The maximum atomic E-state index is 12.6. The second-order valence-corrected chi connectivity index (χ2v) is 12.6. The number of benzene rings is 1. The molecular weight excluding hydrogens is 708 g/mol. The van der Waals surface area contributed by atoms with Gasteiger partial charge in [0.1, 0.15) is 18.7 Å². The number of hydrogen-bond donors (Lipinski definition) is 3. The summed E-state index contributed by atoms with van der Waals surface area (Å²) < 4.78 is 39.8.